The molecule has 1 atom stereocenters. The molecule has 0 bridgehead atoms. The fourth-order valence-corrected chi connectivity index (χ4v) is 2.54. The Bertz CT molecular complexity index is 661. The van der Waals surface area contributed by atoms with Crippen LogP contribution in [0.5, 0.6) is 5.75 Å². The average Bonchev–Trinajstić information content (AvgIpc) is 3.07. The van der Waals surface area contributed by atoms with Gasteiger partial charge in [0, 0.05) is 23.9 Å². The number of rotatable bonds is 5. The van der Waals surface area contributed by atoms with E-state index in [0.717, 1.165) is 36.4 Å². The van der Waals surface area contributed by atoms with Crippen LogP contribution in [0.1, 0.15) is 28.8 Å². The highest BCUT2D eigenvalue weighted by Crippen LogP contribution is 2.20. The maximum Gasteiger partial charge on any atom is 0.255 e. The number of amides is 1. The third-order valence-electron chi connectivity index (χ3n) is 3.87. The van der Waals surface area contributed by atoms with E-state index < -0.39 is 0 Å². The van der Waals surface area contributed by atoms with Gasteiger partial charge in [0.15, 0.2) is 0 Å². The third kappa shape index (κ3) is 4.33. The van der Waals surface area contributed by atoms with Crippen molar-refractivity contribution in [2.75, 3.05) is 18.5 Å². The second kappa shape index (κ2) is 7.29. The Morgan fingerprint density at radius 2 is 2.09 bits per heavy atom. The molecule has 0 aromatic heterocycles. The topological polar surface area (TPSA) is 47.6 Å². The van der Waals surface area contributed by atoms with Crippen molar-refractivity contribution in [3.05, 3.63) is 59.7 Å². The molecule has 1 aliphatic rings. The molecule has 2 aromatic carbocycles. The van der Waals surface area contributed by atoms with Crippen molar-refractivity contribution in [3.63, 3.8) is 0 Å². The zero-order chi connectivity index (χ0) is 16.1. The molecular formula is C19H21NO3. The number of anilines is 1. The van der Waals surface area contributed by atoms with Gasteiger partial charge in [0.25, 0.3) is 5.91 Å². The lowest BCUT2D eigenvalue weighted by molar-refractivity contribution is 0.0680. The fourth-order valence-electron chi connectivity index (χ4n) is 2.54. The maximum atomic E-state index is 12.2. The summed E-state index contributed by atoms with van der Waals surface area (Å²) in [6, 6.07) is 14.9. The first-order valence-corrected chi connectivity index (χ1v) is 7.93. The smallest absolute Gasteiger partial charge is 0.255 e. The Hall–Kier alpha value is -2.33. The molecule has 0 saturated carbocycles. The summed E-state index contributed by atoms with van der Waals surface area (Å²) in [5.41, 5.74) is 2.49. The minimum Gasteiger partial charge on any atom is -0.491 e. The highest BCUT2D eigenvalue weighted by molar-refractivity contribution is 6.04. The first-order valence-electron chi connectivity index (χ1n) is 7.93. The number of hydrogen-bond donors (Lipinski definition) is 1. The van der Waals surface area contributed by atoms with Gasteiger partial charge in [0.1, 0.15) is 12.4 Å². The number of nitrogens with one attached hydrogen (secondary N) is 1. The van der Waals surface area contributed by atoms with E-state index >= 15 is 0 Å². The van der Waals surface area contributed by atoms with Gasteiger partial charge < -0.3 is 14.8 Å². The molecular weight excluding hydrogens is 290 g/mol. The van der Waals surface area contributed by atoms with Crippen molar-refractivity contribution in [2.24, 2.45) is 0 Å². The predicted octanol–water partition coefficient (Wildman–Crippen LogP) is 3.81. The molecule has 3 rings (SSSR count). The van der Waals surface area contributed by atoms with Crippen molar-refractivity contribution >= 4 is 11.6 Å². The third-order valence-corrected chi connectivity index (χ3v) is 3.87. The van der Waals surface area contributed by atoms with Crippen LogP contribution in [0.2, 0.25) is 0 Å². The molecule has 2 aromatic rings. The maximum absolute atomic E-state index is 12.2. The van der Waals surface area contributed by atoms with Gasteiger partial charge >= 0.3 is 0 Å². The van der Waals surface area contributed by atoms with Crippen molar-refractivity contribution in [1.82, 2.24) is 0 Å². The van der Waals surface area contributed by atoms with E-state index in [1.807, 2.05) is 55.5 Å². The van der Waals surface area contributed by atoms with E-state index in [-0.39, 0.29) is 12.0 Å². The van der Waals surface area contributed by atoms with E-state index in [9.17, 15) is 4.79 Å². The van der Waals surface area contributed by atoms with Gasteiger partial charge in [-0.25, -0.2) is 0 Å². The van der Waals surface area contributed by atoms with Crippen LogP contribution < -0.4 is 10.1 Å². The van der Waals surface area contributed by atoms with Crippen LogP contribution in [0, 0.1) is 6.92 Å². The molecule has 1 amide bonds. The molecule has 0 aliphatic carbocycles. The number of aryl methyl sites for hydroxylation is 1. The number of carbonyl (C=O) groups is 1. The lowest BCUT2D eigenvalue weighted by Gasteiger charge is -2.12. The summed E-state index contributed by atoms with van der Waals surface area (Å²) in [4.78, 5) is 12.2. The minimum atomic E-state index is -0.124. The molecule has 4 nitrogen and oxygen atoms in total. The zero-order valence-corrected chi connectivity index (χ0v) is 13.2. The monoisotopic (exact) mass is 311 g/mol. The SMILES string of the molecule is Cc1ccc(C(=O)Nc2cccc(OC[C@@H]3CCCO3)c2)cc1. The van der Waals surface area contributed by atoms with Gasteiger partial charge in [-0.05, 0) is 44.0 Å². The lowest BCUT2D eigenvalue weighted by atomic mass is 10.1. The van der Waals surface area contributed by atoms with Gasteiger partial charge in [-0.3, -0.25) is 4.79 Å². The number of ether oxygens (including phenoxy) is 2. The summed E-state index contributed by atoms with van der Waals surface area (Å²) in [6.07, 6.45) is 2.32. The standard InChI is InChI=1S/C19H21NO3/c1-14-7-9-15(10-8-14)19(21)20-16-4-2-5-17(12-16)23-13-18-6-3-11-22-18/h2,4-5,7-10,12,18H,3,6,11,13H2,1H3,(H,20,21)/t18-/m0/s1. The van der Waals surface area contributed by atoms with Crippen molar-refractivity contribution in [1.29, 1.82) is 0 Å². The molecule has 0 spiro atoms. The molecule has 1 saturated heterocycles. The Kier molecular flexibility index (Phi) is 4.93. The van der Waals surface area contributed by atoms with Crippen LogP contribution in [0.25, 0.3) is 0 Å². The minimum absolute atomic E-state index is 0.124. The van der Waals surface area contributed by atoms with Crippen LogP contribution in [-0.4, -0.2) is 25.2 Å². The summed E-state index contributed by atoms with van der Waals surface area (Å²) in [6.45, 7) is 3.37. The van der Waals surface area contributed by atoms with Crippen LogP contribution >= 0.6 is 0 Å². The first-order chi connectivity index (χ1) is 11.2. The number of hydrogen-bond acceptors (Lipinski definition) is 3. The first kappa shape index (κ1) is 15.6. The summed E-state index contributed by atoms with van der Waals surface area (Å²) in [7, 11) is 0. The van der Waals surface area contributed by atoms with Gasteiger partial charge in [-0.1, -0.05) is 23.8 Å². The molecule has 4 heteroatoms. The van der Waals surface area contributed by atoms with Crippen LogP contribution in [0.4, 0.5) is 5.69 Å². The van der Waals surface area contributed by atoms with E-state index in [0.29, 0.717) is 12.2 Å². The number of benzene rings is 2. The van der Waals surface area contributed by atoms with Gasteiger partial charge in [-0.2, -0.15) is 0 Å². The van der Waals surface area contributed by atoms with Crippen molar-refractivity contribution < 1.29 is 14.3 Å². The molecule has 1 heterocycles. The van der Waals surface area contributed by atoms with Crippen molar-refractivity contribution in [3.8, 4) is 5.75 Å². The van der Waals surface area contributed by atoms with Gasteiger partial charge in [0.2, 0.25) is 0 Å². The van der Waals surface area contributed by atoms with Gasteiger partial charge in [0.05, 0.1) is 6.10 Å². The molecule has 0 unspecified atom stereocenters. The fraction of sp³-hybridized carbons (Fsp3) is 0.316. The Morgan fingerprint density at radius 3 is 2.83 bits per heavy atom. The highest BCUT2D eigenvalue weighted by atomic mass is 16.5. The van der Waals surface area contributed by atoms with E-state index in [1.54, 1.807) is 0 Å². The van der Waals surface area contributed by atoms with E-state index in [2.05, 4.69) is 5.32 Å². The van der Waals surface area contributed by atoms with Crippen LogP contribution in [0.3, 0.4) is 0 Å². The van der Waals surface area contributed by atoms with Crippen LogP contribution in [0.15, 0.2) is 48.5 Å². The largest absolute Gasteiger partial charge is 0.491 e. The predicted molar refractivity (Wildman–Crippen MR) is 90.0 cm³/mol. The Labute approximate surface area is 136 Å². The second-order valence-electron chi connectivity index (χ2n) is 5.79. The highest BCUT2D eigenvalue weighted by Gasteiger charge is 2.16. The molecule has 1 fully saturated rings. The molecule has 0 radical (unpaired) electrons. The number of carbonyl (C=O) groups excluding carboxylic acids is 1. The summed E-state index contributed by atoms with van der Waals surface area (Å²) in [5, 5.41) is 2.90. The lowest BCUT2D eigenvalue weighted by Crippen LogP contribution is -2.16. The quantitative estimate of drug-likeness (QED) is 0.913. The molecule has 120 valence electrons. The normalized spacial score (nSPS) is 17.0. The average molecular weight is 311 g/mol. The van der Waals surface area contributed by atoms with Crippen LogP contribution in [-0.2, 0) is 4.74 Å². The van der Waals surface area contributed by atoms with E-state index in [1.165, 1.54) is 0 Å². The van der Waals surface area contributed by atoms with Crippen molar-refractivity contribution in [2.45, 2.75) is 25.9 Å². The molecule has 1 aliphatic heterocycles. The summed E-state index contributed by atoms with van der Waals surface area (Å²) < 4.78 is 11.3. The zero-order valence-electron chi connectivity index (χ0n) is 13.2. The second-order valence-corrected chi connectivity index (χ2v) is 5.79. The van der Waals surface area contributed by atoms with Gasteiger partial charge in [-0.15, -0.1) is 0 Å². The summed E-state index contributed by atoms with van der Waals surface area (Å²) >= 11 is 0. The Balaban J connectivity index is 1.60. The Morgan fingerprint density at radius 1 is 1.26 bits per heavy atom. The summed E-state index contributed by atoms with van der Waals surface area (Å²) in [5.74, 6) is 0.614. The molecule has 23 heavy (non-hydrogen) atoms. The molecule has 1 N–H and O–H groups in total. The van der Waals surface area contributed by atoms with E-state index in [4.69, 9.17) is 9.47 Å².